The molecule has 0 atom stereocenters. The van der Waals surface area contributed by atoms with Gasteiger partial charge in [0.1, 0.15) is 16.4 Å². The molecule has 1 aromatic carbocycles. The lowest BCUT2D eigenvalue weighted by Gasteiger charge is -2.03. The molecule has 1 N–H and O–H groups in total. The summed E-state index contributed by atoms with van der Waals surface area (Å²) >= 11 is 0.991. The quantitative estimate of drug-likeness (QED) is 0.685. The van der Waals surface area contributed by atoms with Crippen molar-refractivity contribution in [1.29, 1.82) is 0 Å². The van der Waals surface area contributed by atoms with Crippen molar-refractivity contribution in [3.63, 3.8) is 0 Å². The summed E-state index contributed by atoms with van der Waals surface area (Å²) in [4.78, 5) is 22.2. The summed E-state index contributed by atoms with van der Waals surface area (Å²) < 4.78 is 4.88. The van der Waals surface area contributed by atoms with E-state index in [2.05, 4.69) is 0 Å². The molecule has 0 aliphatic rings. The monoisotopic (exact) mass is 279 g/mol. The maximum absolute atomic E-state index is 11.6. The lowest BCUT2D eigenvalue weighted by Crippen LogP contribution is -2.02. The predicted octanol–water partition coefficient (Wildman–Crippen LogP) is 2.71. The number of aryl methyl sites for hydroxylation is 1. The highest BCUT2D eigenvalue weighted by molar-refractivity contribution is 7.99. The summed E-state index contributed by atoms with van der Waals surface area (Å²) in [5.74, 6) is 0.146. The van der Waals surface area contributed by atoms with Crippen LogP contribution in [0.2, 0.25) is 0 Å². The van der Waals surface area contributed by atoms with E-state index in [-0.39, 0.29) is 16.3 Å². The van der Waals surface area contributed by atoms with Crippen LogP contribution in [-0.2, 0) is 0 Å². The number of aromatic hydroxyl groups is 1. The SMILES string of the molecule is Cc1cc(O)c(Sc2ccc([N+](=O)[O-])cc2)c(=O)o1. The number of nitro groups is 1. The summed E-state index contributed by atoms with van der Waals surface area (Å²) in [6, 6.07) is 7.00. The molecule has 0 spiro atoms. The minimum Gasteiger partial charge on any atom is -0.506 e. The third kappa shape index (κ3) is 2.94. The summed E-state index contributed by atoms with van der Waals surface area (Å²) in [7, 11) is 0. The number of hydrogen-bond acceptors (Lipinski definition) is 6. The van der Waals surface area contributed by atoms with Crippen LogP contribution in [0.3, 0.4) is 0 Å². The van der Waals surface area contributed by atoms with E-state index < -0.39 is 10.5 Å². The molecular weight excluding hydrogens is 270 g/mol. The van der Waals surface area contributed by atoms with E-state index in [4.69, 9.17) is 4.42 Å². The number of nitrogens with zero attached hydrogens (tertiary/aromatic N) is 1. The normalized spacial score (nSPS) is 10.4. The Hall–Kier alpha value is -2.28. The van der Waals surface area contributed by atoms with Gasteiger partial charge in [-0.25, -0.2) is 4.79 Å². The average molecular weight is 279 g/mol. The lowest BCUT2D eigenvalue weighted by molar-refractivity contribution is -0.384. The summed E-state index contributed by atoms with van der Waals surface area (Å²) in [6.45, 7) is 1.56. The maximum Gasteiger partial charge on any atom is 0.353 e. The van der Waals surface area contributed by atoms with Gasteiger partial charge in [0.25, 0.3) is 5.69 Å². The largest absolute Gasteiger partial charge is 0.506 e. The first-order valence-electron chi connectivity index (χ1n) is 5.23. The molecule has 0 aliphatic carbocycles. The van der Waals surface area contributed by atoms with Crippen molar-refractivity contribution in [2.24, 2.45) is 0 Å². The van der Waals surface area contributed by atoms with Crippen LogP contribution in [-0.4, -0.2) is 10.0 Å². The zero-order valence-corrected chi connectivity index (χ0v) is 10.6. The number of non-ortho nitro benzene ring substituents is 1. The third-order valence-electron chi connectivity index (χ3n) is 2.28. The smallest absolute Gasteiger partial charge is 0.353 e. The zero-order chi connectivity index (χ0) is 14.0. The van der Waals surface area contributed by atoms with Gasteiger partial charge in [-0.1, -0.05) is 11.8 Å². The second-order valence-corrected chi connectivity index (χ2v) is 4.80. The number of benzene rings is 1. The minimum absolute atomic E-state index is 0.0375. The van der Waals surface area contributed by atoms with Gasteiger partial charge >= 0.3 is 5.63 Å². The topological polar surface area (TPSA) is 93.6 Å². The Balaban J connectivity index is 2.31. The van der Waals surface area contributed by atoms with Crippen molar-refractivity contribution < 1.29 is 14.4 Å². The molecule has 6 nitrogen and oxygen atoms in total. The van der Waals surface area contributed by atoms with E-state index in [1.807, 2.05) is 0 Å². The van der Waals surface area contributed by atoms with E-state index in [1.165, 1.54) is 30.3 Å². The summed E-state index contributed by atoms with van der Waals surface area (Å²) in [5.41, 5.74) is -0.676. The van der Waals surface area contributed by atoms with Gasteiger partial charge in [-0.05, 0) is 19.1 Å². The van der Waals surface area contributed by atoms with E-state index >= 15 is 0 Å². The van der Waals surface area contributed by atoms with Crippen LogP contribution in [0.15, 0.2) is 49.3 Å². The molecule has 19 heavy (non-hydrogen) atoms. The van der Waals surface area contributed by atoms with Crippen molar-refractivity contribution in [1.82, 2.24) is 0 Å². The lowest BCUT2D eigenvalue weighted by atomic mass is 10.3. The second kappa shape index (κ2) is 5.15. The summed E-state index contributed by atoms with van der Waals surface area (Å²) in [5, 5.41) is 20.2. The van der Waals surface area contributed by atoms with Gasteiger partial charge in [-0.15, -0.1) is 0 Å². The van der Waals surface area contributed by atoms with Crippen LogP contribution in [0, 0.1) is 17.0 Å². The molecule has 0 aliphatic heterocycles. The number of rotatable bonds is 3. The molecule has 2 rings (SSSR count). The van der Waals surface area contributed by atoms with Crippen molar-refractivity contribution >= 4 is 17.4 Å². The Kier molecular flexibility index (Phi) is 3.57. The first-order chi connectivity index (χ1) is 8.97. The van der Waals surface area contributed by atoms with Crippen LogP contribution in [0.1, 0.15) is 5.76 Å². The molecule has 7 heteroatoms. The molecule has 98 valence electrons. The molecule has 0 unspecified atom stereocenters. The maximum atomic E-state index is 11.6. The van der Waals surface area contributed by atoms with E-state index in [0.29, 0.717) is 10.7 Å². The van der Waals surface area contributed by atoms with Gasteiger partial charge in [-0.3, -0.25) is 10.1 Å². The molecular formula is C12H9NO5S. The van der Waals surface area contributed by atoms with E-state index in [9.17, 15) is 20.0 Å². The molecule has 0 saturated heterocycles. The van der Waals surface area contributed by atoms with Crippen molar-refractivity contribution in [2.45, 2.75) is 16.7 Å². The van der Waals surface area contributed by atoms with E-state index in [0.717, 1.165) is 11.8 Å². The molecule has 1 heterocycles. The Bertz CT molecular complexity index is 678. The van der Waals surface area contributed by atoms with Gasteiger partial charge in [0.15, 0.2) is 0 Å². The van der Waals surface area contributed by atoms with Crippen LogP contribution in [0.5, 0.6) is 5.75 Å². The van der Waals surface area contributed by atoms with Crippen LogP contribution in [0.4, 0.5) is 5.69 Å². The molecule has 1 aromatic heterocycles. The first kappa shape index (κ1) is 13.2. The highest BCUT2D eigenvalue weighted by atomic mass is 32.2. The molecule has 2 aromatic rings. The first-order valence-corrected chi connectivity index (χ1v) is 6.05. The number of nitro benzene ring substituents is 1. The third-order valence-corrected chi connectivity index (χ3v) is 3.37. The Morgan fingerprint density at radius 3 is 2.47 bits per heavy atom. The van der Waals surface area contributed by atoms with Gasteiger partial charge in [0.05, 0.1) is 4.92 Å². The fourth-order valence-corrected chi connectivity index (χ4v) is 2.23. The predicted molar refractivity (Wildman–Crippen MR) is 68.6 cm³/mol. The summed E-state index contributed by atoms with van der Waals surface area (Å²) in [6.07, 6.45) is 0. The van der Waals surface area contributed by atoms with Gasteiger partial charge in [-0.2, -0.15) is 0 Å². The average Bonchev–Trinajstić information content (AvgIpc) is 2.34. The molecule has 0 fully saturated rings. The highest BCUT2D eigenvalue weighted by Gasteiger charge is 2.12. The molecule has 0 radical (unpaired) electrons. The van der Waals surface area contributed by atoms with Crippen LogP contribution >= 0.6 is 11.8 Å². The van der Waals surface area contributed by atoms with Gasteiger partial charge in [0.2, 0.25) is 0 Å². The minimum atomic E-state index is -0.638. The van der Waals surface area contributed by atoms with Gasteiger partial charge in [0, 0.05) is 23.1 Å². The van der Waals surface area contributed by atoms with Crippen LogP contribution in [0.25, 0.3) is 0 Å². The molecule has 0 amide bonds. The Morgan fingerprint density at radius 1 is 1.32 bits per heavy atom. The van der Waals surface area contributed by atoms with Crippen LogP contribution < -0.4 is 5.63 Å². The molecule has 0 saturated carbocycles. The Morgan fingerprint density at radius 2 is 1.95 bits per heavy atom. The highest BCUT2D eigenvalue weighted by Crippen LogP contribution is 2.32. The fraction of sp³-hybridized carbons (Fsp3) is 0.0833. The van der Waals surface area contributed by atoms with Gasteiger partial charge < -0.3 is 9.52 Å². The standard InChI is InChI=1S/C12H9NO5S/c1-7-6-10(14)11(12(15)18-7)19-9-4-2-8(3-5-9)13(16)17/h2-6,14H,1H3. The van der Waals surface area contributed by atoms with Crippen molar-refractivity contribution in [2.75, 3.05) is 0 Å². The second-order valence-electron chi connectivity index (χ2n) is 3.71. The van der Waals surface area contributed by atoms with E-state index in [1.54, 1.807) is 6.92 Å². The zero-order valence-electron chi connectivity index (χ0n) is 9.82. The fourth-order valence-electron chi connectivity index (χ4n) is 1.43. The number of hydrogen-bond donors (Lipinski definition) is 1. The van der Waals surface area contributed by atoms with Crippen molar-refractivity contribution in [3.05, 3.63) is 56.6 Å². The Labute approximate surface area is 111 Å². The molecule has 0 bridgehead atoms. The van der Waals surface area contributed by atoms with Crippen molar-refractivity contribution in [3.8, 4) is 5.75 Å².